The molecule has 1 aliphatic heterocycles. The van der Waals surface area contributed by atoms with Gasteiger partial charge in [-0.05, 0) is 32.0 Å². The summed E-state index contributed by atoms with van der Waals surface area (Å²) in [5.74, 6) is -0.613. The zero-order valence-corrected chi connectivity index (χ0v) is 18.0. The summed E-state index contributed by atoms with van der Waals surface area (Å²) in [5.41, 5.74) is 1.72. The number of hydrogen-bond donors (Lipinski definition) is 0. The van der Waals surface area contributed by atoms with Crippen molar-refractivity contribution in [3.8, 4) is 5.82 Å². The molecule has 0 N–H and O–H groups in total. The van der Waals surface area contributed by atoms with Gasteiger partial charge in [-0.25, -0.2) is 32.2 Å². The highest BCUT2D eigenvalue weighted by molar-refractivity contribution is 7.88. The highest BCUT2D eigenvalue weighted by atomic mass is 32.2. The average Bonchev–Trinajstić information content (AvgIpc) is 3.09. The van der Waals surface area contributed by atoms with Crippen LogP contribution in [0.2, 0.25) is 0 Å². The van der Waals surface area contributed by atoms with Crippen LogP contribution >= 0.6 is 0 Å². The first-order valence-electron chi connectivity index (χ1n) is 9.74. The van der Waals surface area contributed by atoms with Gasteiger partial charge in [-0.1, -0.05) is 0 Å². The van der Waals surface area contributed by atoms with Crippen LogP contribution in [0.3, 0.4) is 0 Å². The molecule has 1 fully saturated rings. The van der Waals surface area contributed by atoms with Crippen LogP contribution in [0.25, 0.3) is 5.82 Å². The monoisotopic (exact) mass is 448 g/mol. The summed E-state index contributed by atoms with van der Waals surface area (Å²) in [6.45, 7) is 5.16. The predicted octanol–water partition coefficient (Wildman–Crippen LogP) is 2.21. The number of aromatic nitrogens is 4. The molecule has 0 bridgehead atoms. The standard InChI is InChI=1S/C20H22F2N6O2S/c1-14-15(2)28(13-25-14)20-10-19(23-12-24-20)26-5-7-27(8-6-26)31(29,30)11-16-9-17(21)3-4-18(16)22/h3-4,9-10,12-13H,5-8,11H2,1-2H3. The molecule has 4 rings (SSSR count). The highest BCUT2D eigenvalue weighted by Gasteiger charge is 2.28. The van der Waals surface area contributed by atoms with Crippen LogP contribution in [-0.4, -0.2) is 58.4 Å². The zero-order valence-electron chi connectivity index (χ0n) is 17.2. The molecule has 164 valence electrons. The Morgan fingerprint density at radius 2 is 1.68 bits per heavy atom. The van der Waals surface area contributed by atoms with Crippen molar-refractivity contribution in [1.82, 2.24) is 23.8 Å². The first kappa shape index (κ1) is 21.3. The lowest BCUT2D eigenvalue weighted by atomic mass is 10.2. The van der Waals surface area contributed by atoms with Crippen LogP contribution in [-0.2, 0) is 15.8 Å². The summed E-state index contributed by atoms with van der Waals surface area (Å²) in [6.07, 6.45) is 3.17. The lowest BCUT2D eigenvalue weighted by Gasteiger charge is -2.34. The van der Waals surface area contributed by atoms with Gasteiger partial charge in [-0.3, -0.25) is 4.57 Å². The minimum absolute atomic E-state index is 0.172. The second kappa shape index (κ2) is 8.31. The molecule has 2 aromatic heterocycles. The van der Waals surface area contributed by atoms with E-state index in [9.17, 15) is 17.2 Å². The number of nitrogens with zero attached hydrogens (tertiary/aromatic N) is 6. The van der Waals surface area contributed by atoms with Crippen LogP contribution in [0.1, 0.15) is 17.0 Å². The van der Waals surface area contributed by atoms with E-state index < -0.39 is 27.4 Å². The van der Waals surface area contributed by atoms with Crippen LogP contribution in [0.5, 0.6) is 0 Å². The third-order valence-corrected chi connectivity index (χ3v) is 7.27. The van der Waals surface area contributed by atoms with Crippen molar-refractivity contribution < 1.29 is 17.2 Å². The molecular weight excluding hydrogens is 426 g/mol. The fourth-order valence-corrected chi connectivity index (χ4v) is 5.03. The molecule has 0 amide bonds. The number of anilines is 1. The average molecular weight is 448 g/mol. The number of halogens is 2. The second-order valence-electron chi connectivity index (χ2n) is 7.40. The number of benzene rings is 1. The van der Waals surface area contributed by atoms with Crippen molar-refractivity contribution in [2.75, 3.05) is 31.1 Å². The minimum Gasteiger partial charge on any atom is -0.354 e. The molecule has 0 unspecified atom stereocenters. The van der Waals surface area contributed by atoms with Gasteiger partial charge in [-0.2, -0.15) is 4.31 Å². The molecule has 1 saturated heterocycles. The van der Waals surface area contributed by atoms with Crippen molar-refractivity contribution in [2.45, 2.75) is 19.6 Å². The number of hydrogen-bond acceptors (Lipinski definition) is 6. The number of rotatable bonds is 5. The van der Waals surface area contributed by atoms with Crippen molar-refractivity contribution in [1.29, 1.82) is 0 Å². The van der Waals surface area contributed by atoms with Crippen LogP contribution < -0.4 is 4.90 Å². The van der Waals surface area contributed by atoms with E-state index in [2.05, 4.69) is 15.0 Å². The Bertz CT molecular complexity index is 1210. The van der Waals surface area contributed by atoms with Gasteiger partial charge < -0.3 is 4.90 Å². The van der Waals surface area contributed by atoms with E-state index in [-0.39, 0.29) is 18.7 Å². The maximum absolute atomic E-state index is 13.9. The molecule has 31 heavy (non-hydrogen) atoms. The van der Waals surface area contributed by atoms with E-state index in [1.807, 2.05) is 29.4 Å². The molecule has 0 atom stereocenters. The van der Waals surface area contributed by atoms with E-state index in [1.165, 1.54) is 10.6 Å². The van der Waals surface area contributed by atoms with Gasteiger partial charge in [0.15, 0.2) is 0 Å². The Morgan fingerprint density at radius 1 is 0.968 bits per heavy atom. The van der Waals surface area contributed by atoms with Crippen molar-refractivity contribution in [3.05, 3.63) is 65.5 Å². The van der Waals surface area contributed by atoms with E-state index in [4.69, 9.17) is 0 Å². The number of aryl methyl sites for hydroxylation is 1. The first-order chi connectivity index (χ1) is 14.7. The molecule has 8 nitrogen and oxygen atoms in total. The number of piperazine rings is 1. The molecule has 0 aliphatic carbocycles. The summed E-state index contributed by atoms with van der Waals surface area (Å²) in [6, 6.07) is 4.66. The molecule has 0 spiro atoms. The molecule has 0 radical (unpaired) electrons. The number of imidazole rings is 1. The Hall–Kier alpha value is -2.92. The van der Waals surface area contributed by atoms with Gasteiger partial charge in [0.25, 0.3) is 0 Å². The van der Waals surface area contributed by atoms with Gasteiger partial charge in [0.05, 0.1) is 11.4 Å². The van der Waals surface area contributed by atoms with Gasteiger partial charge in [0, 0.05) is 43.5 Å². The third-order valence-electron chi connectivity index (χ3n) is 5.44. The molecule has 11 heteroatoms. The highest BCUT2D eigenvalue weighted by Crippen LogP contribution is 2.21. The largest absolute Gasteiger partial charge is 0.354 e. The van der Waals surface area contributed by atoms with Crippen LogP contribution in [0.15, 0.2) is 36.9 Å². The summed E-state index contributed by atoms with van der Waals surface area (Å²) in [4.78, 5) is 14.9. The Labute approximate surface area is 179 Å². The van der Waals surface area contributed by atoms with Gasteiger partial charge >= 0.3 is 0 Å². The summed E-state index contributed by atoms with van der Waals surface area (Å²) in [5, 5.41) is 0. The molecule has 0 saturated carbocycles. The Balaban J connectivity index is 1.46. The predicted molar refractivity (Wildman–Crippen MR) is 111 cm³/mol. The van der Waals surface area contributed by atoms with E-state index in [0.29, 0.717) is 24.7 Å². The van der Waals surface area contributed by atoms with Crippen LogP contribution in [0, 0.1) is 25.5 Å². The Morgan fingerprint density at radius 3 is 2.35 bits per heavy atom. The smallest absolute Gasteiger partial charge is 0.218 e. The number of sulfonamides is 1. The van der Waals surface area contributed by atoms with Crippen molar-refractivity contribution >= 4 is 15.8 Å². The van der Waals surface area contributed by atoms with Crippen LogP contribution in [0.4, 0.5) is 14.6 Å². The third kappa shape index (κ3) is 4.42. The lowest BCUT2D eigenvalue weighted by Crippen LogP contribution is -2.49. The van der Waals surface area contributed by atoms with E-state index in [1.54, 1.807) is 6.33 Å². The van der Waals surface area contributed by atoms with Gasteiger partial charge in [-0.15, -0.1) is 0 Å². The molecular formula is C20H22F2N6O2S. The maximum atomic E-state index is 13.9. The van der Waals surface area contributed by atoms with Crippen molar-refractivity contribution in [3.63, 3.8) is 0 Å². The molecule has 3 aromatic rings. The second-order valence-corrected chi connectivity index (χ2v) is 9.37. The van der Waals surface area contributed by atoms with Gasteiger partial charge in [0.2, 0.25) is 10.0 Å². The SMILES string of the molecule is Cc1ncn(-c2cc(N3CCN(S(=O)(=O)Cc4cc(F)ccc4F)CC3)ncn2)c1C. The topological polar surface area (TPSA) is 84.2 Å². The maximum Gasteiger partial charge on any atom is 0.218 e. The fourth-order valence-electron chi connectivity index (χ4n) is 3.51. The summed E-state index contributed by atoms with van der Waals surface area (Å²) >= 11 is 0. The molecule has 3 heterocycles. The Kier molecular flexibility index (Phi) is 5.71. The van der Waals surface area contributed by atoms with Crippen molar-refractivity contribution in [2.24, 2.45) is 0 Å². The quantitative estimate of drug-likeness (QED) is 0.595. The minimum atomic E-state index is -3.78. The first-order valence-corrected chi connectivity index (χ1v) is 11.3. The molecule has 1 aliphatic rings. The zero-order chi connectivity index (χ0) is 22.2. The van der Waals surface area contributed by atoms with E-state index in [0.717, 1.165) is 29.6 Å². The summed E-state index contributed by atoms with van der Waals surface area (Å²) < 4.78 is 55.9. The fraction of sp³-hybridized carbons (Fsp3) is 0.350. The molecule has 1 aromatic carbocycles. The summed E-state index contributed by atoms with van der Waals surface area (Å²) in [7, 11) is -3.78. The normalized spacial score (nSPS) is 15.4. The van der Waals surface area contributed by atoms with Gasteiger partial charge in [0.1, 0.15) is 35.9 Å². The lowest BCUT2D eigenvalue weighted by molar-refractivity contribution is 0.382. The van der Waals surface area contributed by atoms with E-state index >= 15 is 0 Å².